The largest absolute Gasteiger partial charge is 0.365 e. The van der Waals surface area contributed by atoms with E-state index in [0.717, 1.165) is 6.42 Å². The molecule has 0 fully saturated rings. The van der Waals surface area contributed by atoms with Gasteiger partial charge in [0.1, 0.15) is 5.02 Å². The van der Waals surface area contributed by atoms with Crippen LogP contribution in [0.5, 0.6) is 0 Å². The van der Waals surface area contributed by atoms with Crippen molar-refractivity contribution in [3.8, 4) is 0 Å². The molecule has 1 rings (SSSR count). The van der Waals surface area contributed by atoms with E-state index in [1.54, 1.807) is 0 Å². The molecule has 1 atom stereocenters. The van der Waals surface area contributed by atoms with Crippen LogP contribution in [0.15, 0.2) is 11.1 Å². The third-order valence-corrected chi connectivity index (χ3v) is 2.53. The Morgan fingerprint density at radius 2 is 2.31 bits per heavy atom. The lowest BCUT2D eigenvalue weighted by Crippen LogP contribution is -2.31. The van der Waals surface area contributed by atoms with Crippen molar-refractivity contribution in [1.82, 2.24) is 9.97 Å². The Morgan fingerprint density at radius 1 is 1.62 bits per heavy atom. The molecule has 1 heterocycles. The van der Waals surface area contributed by atoms with E-state index in [1.165, 1.54) is 6.33 Å². The van der Waals surface area contributed by atoms with Crippen LogP contribution in [0, 0.1) is 5.92 Å². The zero-order valence-corrected chi connectivity index (χ0v) is 10.2. The van der Waals surface area contributed by atoms with Crippen molar-refractivity contribution in [2.24, 2.45) is 11.7 Å². The van der Waals surface area contributed by atoms with Gasteiger partial charge in [0.05, 0.1) is 6.33 Å². The zero-order chi connectivity index (χ0) is 12.1. The summed E-state index contributed by atoms with van der Waals surface area (Å²) in [4.78, 5) is 17.6. The molecular weight excluding hydrogens is 228 g/mol. The molecule has 0 aliphatic heterocycles. The molecule has 1 aromatic heterocycles. The number of hydrogen-bond acceptors (Lipinski definition) is 4. The van der Waals surface area contributed by atoms with Crippen molar-refractivity contribution < 1.29 is 0 Å². The Hall–Kier alpha value is -1.07. The molecule has 16 heavy (non-hydrogen) atoms. The average molecular weight is 245 g/mol. The van der Waals surface area contributed by atoms with E-state index in [9.17, 15) is 4.79 Å². The van der Waals surface area contributed by atoms with Crippen LogP contribution in [0.1, 0.15) is 20.3 Å². The Balaban J connectivity index is 2.78. The topological polar surface area (TPSA) is 83.8 Å². The van der Waals surface area contributed by atoms with E-state index in [4.69, 9.17) is 17.3 Å². The molecular formula is C10H17ClN4O. The molecule has 0 aromatic carbocycles. The Labute approximate surface area is 99.4 Å². The van der Waals surface area contributed by atoms with Crippen LogP contribution in [0.3, 0.4) is 0 Å². The van der Waals surface area contributed by atoms with Gasteiger partial charge in [0.2, 0.25) is 0 Å². The summed E-state index contributed by atoms with van der Waals surface area (Å²) in [5.74, 6) is 0.906. The number of halogens is 1. The first-order valence-electron chi connectivity index (χ1n) is 5.24. The highest BCUT2D eigenvalue weighted by atomic mass is 35.5. The summed E-state index contributed by atoms with van der Waals surface area (Å²) in [7, 11) is 0. The van der Waals surface area contributed by atoms with Gasteiger partial charge in [-0.15, -0.1) is 0 Å². The maximum atomic E-state index is 11.2. The van der Waals surface area contributed by atoms with E-state index in [2.05, 4.69) is 29.1 Å². The van der Waals surface area contributed by atoms with E-state index < -0.39 is 0 Å². The molecule has 5 nitrogen and oxygen atoms in total. The second-order valence-electron chi connectivity index (χ2n) is 4.10. The molecule has 0 radical (unpaired) electrons. The van der Waals surface area contributed by atoms with E-state index >= 15 is 0 Å². The lowest BCUT2D eigenvalue weighted by molar-refractivity contribution is 0.521. The number of H-pyrrole nitrogens is 1. The van der Waals surface area contributed by atoms with Gasteiger partial charge < -0.3 is 16.0 Å². The first kappa shape index (κ1) is 13.0. The lowest BCUT2D eigenvalue weighted by atomic mass is 10.0. The maximum Gasteiger partial charge on any atom is 0.271 e. The molecule has 1 unspecified atom stereocenters. The quantitative estimate of drug-likeness (QED) is 0.727. The van der Waals surface area contributed by atoms with Gasteiger partial charge in [-0.2, -0.15) is 0 Å². The first-order chi connectivity index (χ1) is 7.54. The van der Waals surface area contributed by atoms with Gasteiger partial charge in [-0.05, 0) is 12.3 Å². The molecule has 0 spiro atoms. The number of rotatable bonds is 5. The average Bonchev–Trinajstić information content (AvgIpc) is 2.23. The minimum atomic E-state index is -0.348. The number of nitrogens with zero attached hydrogens (tertiary/aromatic N) is 1. The Morgan fingerprint density at radius 3 is 2.88 bits per heavy atom. The van der Waals surface area contributed by atoms with E-state index in [-0.39, 0.29) is 16.6 Å². The molecule has 0 saturated carbocycles. The molecule has 0 bridgehead atoms. The summed E-state index contributed by atoms with van der Waals surface area (Å²) in [6.07, 6.45) is 2.22. The Kier molecular flexibility index (Phi) is 4.76. The highest BCUT2D eigenvalue weighted by Crippen LogP contribution is 2.15. The first-order valence-corrected chi connectivity index (χ1v) is 5.62. The summed E-state index contributed by atoms with van der Waals surface area (Å²) in [6, 6.07) is 0.0757. The van der Waals surface area contributed by atoms with Crippen LogP contribution in [0.25, 0.3) is 0 Å². The fraction of sp³-hybridized carbons (Fsp3) is 0.600. The van der Waals surface area contributed by atoms with Crippen molar-refractivity contribution in [3.05, 3.63) is 21.7 Å². The summed E-state index contributed by atoms with van der Waals surface area (Å²) in [6.45, 7) is 4.69. The van der Waals surface area contributed by atoms with Gasteiger partial charge in [-0.3, -0.25) is 4.79 Å². The second kappa shape index (κ2) is 5.86. The molecule has 4 N–H and O–H groups in total. The number of hydrogen-bond donors (Lipinski definition) is 3. The molecule has 90 valence electrons. The van der Waals surface area contributed by atoms with Crippen molar-refractivity contribution in [2.45, 2.75) is 26.3 Å². The highest BCUT2D eigenvalue weighted by Gasteiger charge is 2.12. The van der Waals surface area contributed by atoms with Crippen molar-refractivity contribution in [2.75, 3.05) is 11.9 Å². The van der Waals surface area contributed by atoms with Crippen molar-refractivity contribution >= 4 is 17.4 Å². The van der Waals surface area contributed by atoms with Crippen LogP contribution in [0.2, 0.25) is 5.02 Å². The molecule has 0 aliphatic carbocycles. The van der Waals surface area contributed by atoms with Gasteiger partial charge in [-0.25, -0.2) is 4.98 Å². The minimum absolute atomic E-state index is 0.0738. The third-order valence-electron chi connectivity index (χ3n) is 2.18. The van der Waals surface area contributed by atoms with Crippen LogP contribution < -0.4 is 16.6 Å². The monoisotopic (exact) mass is 244 g/mol. The normalized spacial score (nSPS) is 12.8. The third kappa shape index (κ3) is 3.50. The van der Waals surface area contributed by atoms with E-state index in [1.807, 2.05) is 0 Å². The smallest absolute Gasteiger partial charge is 0.271 e. The van der Waals surface area contributed by atoms with Gasteiger partial charge in [0.15, 0.2) is 5.82 Å². The standard InChI is InChI=1S/C10H17ClN4O/c1-6(2)3-7(4-12)15-9-8(11)10(16)14-5-13-9/h5-7H,3-4,12H2,1-2H3,(H2,13,14,15,16). The minimum Gasteiger partial charge on any atom is -0.365 e. The lowest BCUT2D eigenvalue weighted by Gasteiger charge is -2.19. The molecule has 0 amide bonds. The fourth-order valence-corrected chi connectivity index (χ4v) is 1.62. The predicted molar refractivity (Wildman–Crippen MR) is 65.8 cm³/mol. The van der Waals surface area contributed by atoms with Crippen LogP contribution >= 0.6 is 11.6 Å². The van der Waals surface area contributed by atoms with Crippen LogP contribution in [-0.4, -0.2) is 22.6 Å². The van der Waals surface area contributed by atoms with Crippen LogP contribution in [-0.2, 0) is 0 Å². The summed E-state index contributed by atoms with van der Waals surface area (Å²) >= 11 is 5.82. The van der Waals surface area contributed by atoms with Gasteiger partial charge >= 0.3 is 0 Å². The number of aromatic nitrogens is 2. The van der Waals surface area contributed by atoms with Crippen molar-refractivity contribution in [3.63, 3.8) is 0 Å². The Bertz CT molecular complexity index is 391. The van der Waals surface area contributed by atoms with E-state index in [0.29, 0.717) is 18.3 Å². The molecule has 6 heteroatoms. The van der Waals surface area contributed by atoms with Gasteiger partial charge in [0.25, 0.3) is 5.56 Å². The summed E-state index contributed by atoms with van der Waals surface area (Å²) in [5, 5.41) is 3.15. The second-order valence-corrected chi connectivity index (χ2v) is 4.48. The van der Waals surface area contributed by atoms with Gasteiger partial charge in [0, 0.05) is 12.6 Å². The number of anilines is 1. The van der Waals surface area contributed by atoms with Crippen molar-refractivity contribution in [1.29, 1.82) is 0 Å². The summed E-state index contributed by atoms with van der Waals surface area (Å²) in [5.41, 5.74) is 5.29. The number of aromatic amines is 1. The maximum absolute atomic E-state index is 11.2. The number of nitrogens with one attached hydrogen (secondary N) is 2. The van der Waals surface area contributed by atoms with Gasteiger partial charge in [-0.1, -0.05) is 25.4 Å². The SMILES string of the molecule is CC(C)CC(CN)Nc1nc[nH]c(=O)c1Cl. The predicted octanol–water partition coefficient (Wildman–Crippen LogP) is 1.21. The zero-order valence-electron chi connectivity index (χ0n) is 9.46. The number of nitrogens with two attached hydrogens (primary N) is 1. The fourth-order valence-electron chi connectivity index (χ4n) is 1.46. The molecule has 0 saturated heterocycles. The molecule has 0 aliphatic rings. The van der Waals surface area contributed by atoms with Crippen LogP contribution in [0.4, 0.5) is 5.82 Å². The molecule has 1 aromatic rings. The highest BCUT2D eigenvalue weighted by molar-refractivity contribution is 6.32. The summed E-state index contributed by atoms with van der Waals surface area (Å²) < 4.78 is 0.